The molecule has 0 aromatic heterocycles. The summed E-state index contributed by atoms with van der Waals surface area (Å²) in [6.07, 6.45) is 3.57. The van der Waals surface area contributed by atoms with Crippen molar-refractivity contribution in [3.8, 4) is 0 Å². The highest BCUT2D eigenvalue weighted by atomic mass is 14.9. The minimum atomic E-state index is 0.589. The van der Waals surface area contributed by atoms with Gasteiger partial charge in [-0.25, -0.2) is 0 Å². The van der Waals surface area contributed by atoms with Gasteiger partial charge < -0.3 is 5.32 Å². The first-order chi connectivity index (χ1) is 8.15. The normalized spacial score (nSPS) is 13.0. The maximum Gasteiger partial charge on any atom is 0.00104 e. The van der Waals surface area contributed by atoms with Gasteiger partial charge in [0.15, 0.2) is 0 Å². The van der Waals surface area contributed by atoms with E-state index in [1.807, 2.05) is 0 Å². The Balaban J connectivity index is 2.48. The highest BCUT2D eigenvalue weighted by molar-refractivity contribution is 5.22. The fourth-order valence-corrected chi connectivity index (χ4v) is 2.01. The molecule has 0 aliphatic rings. The molecule has 0 aliphatic heterocycles. The van der Waals surface area contributed by atoms with Crippen LogP contribution < -0.4 is 5.32 Å². The molecule has 1 unspecified atom stereocenters. The van der Waals surface area contributed by atoms with E-state index < -0.39 is 0 Å². The average molecular weight is 233 g/mol. The monoisotopic (exact) mass is 233 g/mol. The maximum absolute atomic E-state index is 3.54. The summed E-state index contributed by atoms with van der Waals surface area (Å²) in [4.78, 5) is 0. The summed E-state index contributed by atoms with van der Waals surface area (Å²) in [7, 11) is 0. The molecule has 96 valence electrons. The summed E-state index contributed by atoms with van der Waals surface area (Å²) >= 11 is 0. The molecule has 0 saturated heterocycles. The third-order valence-electron chi connectivity index (χ3n) is 3.35. The Morgan fingerprint density at radius 2 is 1.59 bits per heavy atom. The van der Waals surface area contributed by atoms with Gasteiger partial charge in [-0.1, -0.05) is 58.4 Å². The Hall–Kier alpha value is -0.820. The Morgan fingerprint density at radius 1 is 1.00 bits per heavy atom. The molecular formula is C16H27N. The summed E-state index contributed by atoms with van der Waals surface area (Å²) in [5, 5.41) is 3.54. The lowest BCUT2D eigenvalue weighted by molar-refractivity contribution is 0.436. The van der Waals surface area contributed by atoms with Crippen molar-refractivity contribution in [1.29, 1.82) is 0 Å². The third kappa shape index (κ3) is 5.36. The number of rotatable bonds is 7. The van der Waals surface area contributed by atoms with Crippen LogP contribution in [0.25, 0.3) is 0 Å². The molecule has 0 bridgehead atoms. The van der Waals surface area contributed by atoms with Gasteiger partial charge in [-0.15, -0.1) is 0 Å². The number of aryl methyl sites for hydroxylation is 1. The molecule has 0 saturated carbocycles. The molecule has 0 aliphatic carbocycles. The summed E-state index contributed by atoms with van der Waals surface area (Å²) in [5.74, 6) is 0.755. The van der Waals surface area contributed by atoms with Crippen LogP contribution in [-0.4, -0.2) is 12.6 Å². The van der Waals surface area contributed by atoms with Crippen molar-refractivity contribution >= 4 is 0 Å². The Bertz CT molecular complexity index is 300. The largest absolute Gasteiger partial charge is 0.314 e. The molecule has 0 fully saturated rings. The van der Waals surface area contributed by atoms with Crippen LogP contribution >= 0.6 is 0 Å². The molecule has 1 nitrogen and oxygen atoms in total. The van der Waals surface area contributed by atoms with Gasteiger partial charge >= 0.3 is 0 Å². The van der Waals surface area contributed by atoms with Gasteiger partial charge in [-0.3, -0.25) is 0 Å². The van der Waals surface area contributed by atoms with Crippen LogP contribution in [0, 0.1) is 5.92 Å². The second-order valence-electron chi connectivity index (χ2n) is 5.21. The lowest BCUT2D eigenvalue weighted by Gasteiger charge is -2.17. The molecule has 1 heteroatoms. The predicted octanol–water partition coefficient (Wildman–Crippen LogP) is 3.82. The van der Waals surface area contributed by atoms with E-state index in [9.17, 15) is 0 Å². The molecule has 1 aromatic carbocycles. The molecule has 17 heavy (non-hydrogen) atoms. The van der Waals surface area contributed by atoms with Crippen LogP contribution in [0.5, 0.6) is 0 Å². The smallest absolute Gasteiger partial charge is 0.00104 e. The fraction of sp³-hybridized carbons (Fsp3) is 0.625. The van der Waals surface area contributed by atoms with Gasteiger partial charge in [0, 0.05) is 6.04 Å². The van der Waals surface area contributed by atoms with Crippen LogP contribution in [0.3, 0.4) is 0 Å². The van der Waals surface area contributed by atoms with Crippen LogP contribution in [-0.2, 0) is 12.8 Å². The van der Waals surface area contributed by atoms with Crippen molar-refractivity contribution < 1.29 is 0 Å². The molecule has 1 atom stereocenters. The molecule has 1 N–H and O–H groups in total. The second-order valence-corrected chi connectivity index (χ2v) is 5.21. The standard InChI is InChI=1S/C16H27N/c1-5-14-7-9-16(10-8-14)11-15(6-2)12-17-13(3)4/h7-10,13,15,17H,5-6,11-12H2,1-4H3. The number of hydrogen-bond donors (Lipinski definition) is 1. The quantitative estimate of drug-likeness (QED) is 0.755. The Labute approximate surface area is 107 Å². The first kappa shape index (κ1) is 14.2. The van der Waals surface area contributed by atoms with Crippen LogP contribution in [0.4, 0.5) is 0 Å². The summed E-state index contributed by atoms with van der Waals surface area (Å²) < 4.78 is 0. The summed E-state index contributed by atoms with van der Waals surface area (Å²) in [6.45, 7) is 10.0. The fourth-order valence-electron chi connectivity index (χ4n) is 2.01. The zero-order valence-electron chi connectivity index (χ0n) is 11.8. The predicted molar refractivity (Wildman–Crippen MR) is 76.4 cm³/mol. The van der Waals surface area contributed by atoms with Crippen molar-refractivity contribution in [3.63, 3.8) is 0 Å². The number of hydrogen-bond acceptors (Lipinski definition) is 1. The second kappa shape index (κ2) is 7.50. The van der Waals surface area contributed by atoms with Gasteiger partial charge in [-0.05, 0) is 36.4 Å². The first-order valence-corrected chi connectivity index (χ1v) is 6.96. The highest BCUT2D eigenvalue weighted by Gasteiger charge is 2.07. The summed E-state index contributed by atoms with van der Waals surface area (Å²) in [5.41, 5.74) is 2.90. The van der Waals surface area contributed by atoms with Crippen molar-refractivity contribution in [2.75, 3.05) is 6.54 Å². The van der Waals surface area contributed by atoms with E-state index in [1.54, 1.807) is 0 Å². The van der Waals surface area contributed by atoms with Gasteiger partial charge in [0.25, 0.3) is 0 Å². The number of nitrogens with one attached hydrogen (secondary N) is 1. The molecule has 1 aromatic rings. The Morgan fingerprint density at radius 3 is 2.06 bits per heavy atom. The van der Waals surface area contributed by atoms with Crippen LogP contribution in [0.15, 0.2) is 24.3 Å². The van der Waals surface area contributed by atoms with E-state index in [-0.39, 0.29) is 0 Å². The topological polar surface area (TPSA) is 12.0 Å². The molecular weight excluding hydrogens is 206 g/mol. The SMILES string of the molecule is CCc1ccc(CC(CC)CNC(C)C)cc1. The van der Waals surface area contributed by atoms with E-state index >= 15 is 0 Å². The minimum Gasteiger partial charge on any atom is -0.314 e. The lowest BCUT2D eigenvalue weighted by Crippen LogP contribution is -2.29. The van der Waals surface area contributed by atoms with Gasteiger partial charge in [0.1, 0.15) is 0 Å². The van der Waals surface area contributed by atoms with E-state index in [0.717, 1.165) is 18.9 Å². The first-order valence-electron chi connectivity index (χ1n) is 6.96. The summed E-state index contributed by atoms with van der Waals surface area (Å²) in [6, 6.07) is 9.69. The number of benzene rings is 1. The van der Waals surface area contributed by atoms with Crippen LogP contribution in [0.2, 0.25) is 0 Å². The molecule has 0 radical (unpaired) electrons. The van der Waals surface area contributed by atoms with E-state index in [1.165, 1.54) is 24.0 Å². The highest BCUT2D eigenvalue weighted by Crippen LogP contribution is 2.13. The lowest BCUT2D eigenvalue weighted by atomic mass is 9.96. The third-order valence-corrected chi connectivity index (χ3v) is 3.35. The zero-order chi connectivity index (χ0) is 12.7. The van der Waals surface area contributed by atoms with Gasteiger partial charge in [-0.2, -0.15) is 0 Å². The van der Waals surface area contributed by atoms with E-state index in [2.05, 4.69) is 57.3 Å². The zero-order valence-corrected chi connectivity index (χ0v) is 11.8. The average Bonchev–Trinajstić information content (AvgIpc) is 2.35. The van der Waals surface area contributed by atoms with E-state index in [0.29, 0.717) is 6.04 Å². The molecule has 0 amide bonds. The van der Waals surface area contributed by atoms with Crippen LogP contribution in [0.1, 0.15) is 45.2 Å². The molecule has 0 heterocycles. The minimum absolute atomic E-state index is 0.589. The molecule has 0 spiro atoms. The van der Waals surface area contributed by atoms with Gasteiger partial charge in [0.05, 0.1) is 0 Å². The van der Waals surface area contributed by atoms with Crippen molar-refractivity contribution in [3.05, 3.63) is 35.4 Å². The van der Waals surface area contributed by atoms with E-state index in [4.69, 9.17) is 0 Å². The Kier molecular flexibility index (Phi) is 6.28. The van der Waals surface area contributed by atoms with Crippen molar-refractivity contribution in [2.24, 2.45) is 5.92 Å². The van der Waals surface area contributed by atoms with Crippen molar-refractivity contribution in [1.82, 2.24) is 5.32 Å². The van der Waals surface area contributed by atoms with Crippen molar-refractivity contribution in [2.45, 2.75) is 53.0 Å². The van der Waals surface area contributed by atoms with Gasteiger partial charge in [0.2, 0.25) is 0 Å². The molecule has 1 rings (SSSR count). The maximum atomic E-state index is 3.54.